The fourth-order valence-corrected chi connectivity index (χ4v) is 2.63. The van der Waals surface area contributed by atoms with Crippen LogP contribution in [0, 0.1) is 11.6 Å². The average Bonchev–Trinajstić information content (AvgIpc) is 2.75. The first-order chi connectivity index (χ1) is 9.06. The van der Waals surface area contributed by atoms with Crippen LogP contribution in [-0.2, 0) is 6.42 Å². The molecule has 0 radical (unpaired) electrons. The molecule has 0 N–H and O–H groups in total. The van der Waals surface area contributed by atoms with Crippen molar-refractivity contribution in [3.8, 4) is 11.1 Å². The lowest BCUT2D eigenvalue weighted by Gasteiger charge is -2.07. The lowest BCUT2D eigenvalue weighted by molar-refractivity contribution is 0.0994. The van der Waals surface area contributed by atoms with Crippen molar-refractivity contribution in [3.63, 3.8) is 0 Å². The highest BCUT2D eigenvalue weighted by Crippen LogP contribution is 2.33. The normalized spacial score (nSPS) is 13.7. The highest BCUT2D eigenvalue weighted by atomic mass is 35.5. The highest BCUT2D eigenvalue weighted by Gasteiger charge is 2.20. The fraction of sp³-hybridized carbons (Fsp3) is 0.133. The summed E-state index contributed by atoms with van der Waals surface area (Å²) in [6, 6.07) is 7.29. The number of hydrogen-bond donors (Lipinski definition) is 0. The maximum atomic E-state index is 13.3. The molecule has 0 atom stereocenters. The zero-order valence-electron chi connectivity index (χ0n) is 9.84. The highest BCUT2D eigenvalue weighted by molar-refractivity contribution is 6.33. The number of rotatable bonds is 1. The van der Waals surface area contributed by atoms with Crippen LogP contribution in [0.1, 0.15) is 22.3 Å². The Bertz CT molecular complexity index is 695. The van der Waals surface area contributed by atoms with E-state index >= 15 is 0 Å². The molecule has 4 heteroatoms. The van der Waals surface area contributed by atoms with Gasteiger partial charge in [0.25, 0.3) is 0 Å². The molecule has 0 aliphatic heterocycles. The summed E-state index contributed by atoms with van der Waals surface area (Å²) >= 11 is 5.94. The molecular formula is C15H9ClF2O. The molecule has 1 aliphatic rings. The standard InChI is InChI=1S/C15H9ClF2O/c16-12-7-14(18)13(17)6-11(12)9-1-3-10-8(5-9)2-4-15(10)19/h1,3,5-7H,2,4H2. The van der Waals surface area contributed by atoms with Gasteiger partial charge in [0.15, 0.2) is 17.4 Å². The van der Waals surface area contributed by atoms with Crippen LogP contribution in [0.25, 0.3) is 11.1 Å². The van der Waals surface area contributed by atoms with Crippen LogP contribution in [-0.4, -0.2) is 5.78 Å². The van der Waals surface area contributed by atoms with Crippen LogP contribution in [0.2, 0.25) is 5.02 Å². The Balaban J connectivity index is 2.13. The summed E-state index contributed by atoms with van der Waals surface area (Å²) < 4.78 is 26.3. The molecule has 19 heavy (non-hydrogen) atoms. The van der Waals surface area contributed by atoms with Crippen molar-refractivity contribution in [1.82, 2.24) is 0 Å². The third-order valence-corrected chi connectivity index (χ3v) is 3.66. The Morgan fingerprint density at radius 3 is 2.47 bits per heavy atom. The van der Waals surface area contributed by atoms with Crippen LogP contribution >= 0.6 is 11.6 Å². The summed E-state index contributed by atoms with van der Waals surface area (Å²) in [7, 11) is 0. The van der Waals surface area contributed by atoms with E-state index < -0.39 is 11.6 Å². The van der Waals surface area contributed by atoms with E-state index in [1.54, 1.807) is 12.1 Å². The first kappa shape index (κ1) is 12.3. The van der Waals surface area contributed by atoms with Crippen LogP contribution < -0.4 is 0 Å². The summed E-state index contributed by atoms with van der Waals surface area (Å²) in [6.45, 7) is 0. The predicted molar refractivity (Wildman–Crippen MR) is 69.5 cm³/mol. The van der Waals surface area contributed by atoms with Gasteiger partial charge in [0.1, 0.15) is 0 Å². The van der Waals surface area contributed by atoms with Crippen molar-refractivity contribution in [3.05, 3.63) is 58.1 Å². The minimum atomic E-state index is -0.968. The lowest BCUT2D eigenvalue weighted by Crippen LogP contribution is -1.92. The minimum absolute atomic E-state index is 0.123. The summed E-state index contributed by atoms with van der Waals surface area (Å²) in [5.74, 6) is -1.78. The second kappa shape index (κ2) is 4.42. The number of hydrogen-bond acceptors (Lipinski definition) is 1. The monoisotopic (exact) mass is 278 g/mol. The number of aryl methyl sites for hydroxylation is 1. The first-order valence-corrected chi connectivity index (χ1v) is 6.25. The van der Waals surface area contributed by atoms with Crippen molar-refractivity contribution in [2.24, 2.45) is 0 Å². The maximum absolute atomic E-state index is 13.3. The van der Waals surface area contributed by atoms with Crippen molar-refractivity contribution >= 4 is 17.4 Å². The van der Waals surface area contributed by atoms with E-state index in [2.05, 4.69) is 0 Å². The van der Waals surface area contributed by atoms with Crippen LogP contribution in [0.3, 0.4) is 0 Å². The van der Waals surface area contributed by atoms with E-state index in [-0.39, 0.29) is 10.8 Å². The van der Waals surface area contributed by atoms with Gasteiger partial charge < -0.3 is 0 Å². The van der Waals surface area contributed by atoms with Crippen molar-refractivity contribution < 1.29 is 13.6 Å². The SMILES string of the molecule is O=C1CCc2cc(-c3cc(F)c(F)cc3Cl)ccc21. The Morgan fingerprint density at radius 2 is 1.68 bits per heavy atom. The van der Waals surface area contributed by atoms with Gasteiger partial charge in [-0.05, 0) is 29.7 Å². The fourth-order valence-electron chi connectivity index (χ4n) is 2.37. The topological polar surface area (TPSA) is 17.1 Å². The van der Waals surface area contributed by atoms with Gasteiger partial charge in [0.2, 0.25) is 0 Å². The molecule has 1 nitrogen and oxygen atoms in total. The average molecular weight is 279 g/mol. The summed E-state index contributed by atoms with van der Waals surface area (Å²) in [5, 5.41) is 0.156. The molecule has 96 valence electrons. The zero-order valence-corrected chi connectivity index (χ0v) is 10.6. The molecule has 0 fully saturated rings. The number of ketones is 1. The number of carbonyl (C=O) groups is 1. The van der Waals surface area contributed by atoms with Crippen molar-refractivity contribution in [2.45, 2.75) is 12.8 Å². The van der Waals surface area contributed by atoms with Gasteiger partial charge in [0, 0.05) is 17.5 Å². The molecular weight excluding hydrogens is 270 g/mol. The molecule has 0 bridgehead atoms. The van der Waals surface area contributed by atoms with E-state index in [0.29, 0.717) is 29.5 Å². The zero-order chi connectivity index (χ0) is 13.6. The van der Waals surface area contributed by atoms with Crippen molar-refractivity contribution in [2.75, 3.05) is 0 Å². The number of fused-ring (bicyclic) bond motifs is 1. The number of halogens is 3. The summed E-state index contributed by atoms with van der Waals surface area (Å²) in [4.78, 5) is 11.5. The van der Waals surface area contributed by atoms with Gasteiger partial charge >= 0.3 is 0 Å². The Labute approximate surface area is 113 Å². The second-order valence-corrected chi connectivity index (χ2v) is 4.95. The van der Waals surface area contributed by atoms with E-state index in [1.165, 1.54) is 0 Å². The van der Waals surface area contributed by atoms with Crippen LogP contribution in [0.15, 0.2) is 30.3 Å². The molecule has 2 aromatic carbocycles. The lowest BCUT2D eigenvalue weighted by atomic mass is 10.00. The summed E-state index contributed by atoms with van der Waals surface area (Å²) in [5.41, 5.74) is 2.77. The number of Topliss-reactive ketones (excluding diaryl/α,β-unsaturated/α-hetero) is 1. The third kappa shape index (κ3) is 2.04. The second-order valence-electron chi connectivity index (χ2n) is 4.54. The molecule has 0 saturated carbocycles. The van der Waals surface area contributed by atoms with Gasteiger partial charge in [-0.15, -0.1) is 0 Å². The van der Waals surface area contributed by atoms with E-state index in [4.69, 9.17) is 11.6 Å². The van der Waals surface area contributed by atoms with Gasteiger partial charge in [-0.1, -0.05) is 29.8 Å². The van der Waals surface area contributed by atoms with E-state index in [9.17, 15) is 13.6 Å². The van der Waals surface area contributed by atoms with Crippen molar-refractivity contribution in [1.29, 1.82) is 0 Å². The molecule has 0 unspecified atom stereocenters. The van der Waals surface area contributed by atoms with E-state index in [1.807, 2.05) is 6.07 Å². The Morgan fingerprint density at radius 1 is 0.947 bits per heavy atom. The molecule has 1 aliphatic carbocycles. The molecule has 2 aromatic rings. The Hall–Kier alpha value is -1.74. The van der Waals surface area contributed by atoms with Gasteiger partial charge in [-0.2, -0.15) is 0 Å². The molecule has 3 rings (SSSR count). The van der Waals surface area contributed by atoms with Crippen LogP contribution in [0.4, 0.5) is 8.78 Å². The quantitative estimate of drug-likeness (QED) is 0.706. The maximum Gasteiger partial charge on any atom is 0.163 e. The van der Waals surface area contributed by atoms with Gasteiger partial charge in [0.05, 0.1) is 5.02 Å². The molecule has 0 amide bonds. The minimum Gasteiger partial charge on any atom is -0.294 e. The Kier molecular flexibility index (Phi) is 2.86. The largest absolute Gasteiger partial charge is 0.294 e. The predicted octanol–water partition coefficient (Wildman–Crippen LogP) is 4.41. The molecule has 0 spiro atoms. The smallest absolute Gasteiger partial charge is 0.163 e. The summed E-state index contributed by atoms with van der Waals surface area (Å²) in [6.07, 6.45) is 1.19. The number of benzene rings is 2. The molecule has 0 aromatic heterocycles. The van der Waals surface area contributed by atoms with Crippen LogP contribution in [0.5, 0.6) is 0 Å². The first-order valence-electron chi connectivity index (χ1n) is 5.87. The molecule has 0 heterocycles. The molecule has 0 saturated heterocycles. The van der Waals surface area contributed by atoms with Gasteiger partial charge in [-0.3, -0.25) is 4.79 Å². The van der Waals surface area contributed by atoms with Gasteiger partial charge in [-0.25, -0.2) is 8.78 Å². The third-order valence-electron chi connectivity index (χ3n) is 3.35. The van der Waals surface area contributed by atoms with E-state index in [0.717, 1.165) is 17.7 Å². The number of carbonyl (C=O) groups excluding carboxylic acids is 1.